The molecule has 142 valence electrons. The average molecular weight is 400 g/mol. The molecule has 0 N–H and O–H groups in total. The van der Waals surface area contributed by atoms with Crippen LogP contribution in [-0.2, 0) is 4.74 Å². The van der Waals surface area contributed by atoms with Gasteiger partial charge in [0.25, 0.3) is 0 Å². The Bertz CT molecular complexity index is 1340. The molecule has 0 unspecified atom stereocenters. The van der Waals surface area contributed by atoms with Gasteiger partial charge in [-0.2, -0.15) is 0 Å². The molecule has 3 aromatic heterocycles. The molecule has 5 rings (SSSR count). The van der Waals surface area contributed by atoms with E-state index in [9.17, 15) is 4.79 Å². The fourth-order valence-corrected chi connectivity index (χ4v) is 3.96. The Morgan fingerprint density at radius 2 is 1.83 bits per heavy atom. The van der Waals surface area contributed by atoms with Gasteiger partial charge in [-0.25, -0.2) is 19.7 Å². The van der Waals surface area contributed by atoms with Gasteiger partial charge in [0.05, 0.1) is 33.8 Å². The molecule has 0 amide bonds. The predicted octanol–water partition coefficient (Wildman–Crippen LogP) is 4.87. The Kier molecular flexibility index (Phi) is 4.29. The van der Waals surface area contributed by atoms with Crippen LogP contribution in [0.4, 0.5) is 0 Å². The third-order valence-electron chi connectivity index (χ3n) is 4.53. The fraction of sp³-hybridized carbons (Fsp3) is 0.0909. The van der Waals surface area contributed by atoms with Crippen LogP contribution in [0.1, 0.15) is 17.3 Å². The van der Waals surface area contributed by atoms with Gasteiger partial charge in [-0.3, -0.25) is 4.57 Å². The summed E-state index contributed by atoms with van der Waals surface area (Å²) in [5.74, 6) is 0.388. The number of carbonyl (C=O) groups is 1. The number of aromatic nitrogens is 4. The number of nitrogens with zero attached hydrogens (tertiary/aromatic N) is 4. The first-order valence-electron chi connectivity index (χ1n) is 9.21. The van der Waals surface area contributed by atoms with E-state index >= 15 is 0 Å². The number of ether oxygens (including phenoxy) is 1. The van der Waals surface area contributed by atoms with Crippen LogP contribution in [0.15, 0.2) is 66.0 Å². The number of imidazole rings is 1. The first-order chi connectivity index (χ1) is 14.2. The molecule has 29 heavy (non-hydrogen) atoms. The first kappa shape index (κ1) is 17.5. The first-order valence-corrected chi connectivity index (χ1v) is 10.1. The highest BCUT2D eigenvalue weighted by molar-refractivity contribution is 7.13. The van der Waals surface area contributed by atoms with E-state index in [2.05, 4.69) is 0 Å². The number of hydrogen-bond acceptors (Lipinski definition) is 6. The number of hydrogen-bond donors (Lipinski definition) is 0. The summed E-state index contributed by atoms with van der Waals surface area (Å²) in [7, 11) is 0. The van der Waals surface area contributed by atoms with E-state index in [1.807, 2.05) is 58.5 Å². The van der Waals surface area contributed by atoms with Crippen LogP contribution >= 0.6 is 11.3 Å². The van der Waals surface area contributed by atoms with E-state index in [-0.39, 0.29) is 5.97 Å². The van der Waals surface area contributed by atoms with Crippen molar-refractivity contribution in [1.82, 2.24) is 19.5 Å². The van der Waals surface area contributed by atoms with Crippen molar-refractivity contribution in [3.8, 4) is 16.4 Å². The van der Waals surface area contributed by atoms with Crippen molar-refractivity contribution in [3.05, 3.63) is 71.6 Å². The normalized spacial score (nSPS) is 11.2. The second kappa shape index (κ2) is 7.10. The SMILES string of the molecule is CCOC(=O)c1cccc(-n2c(-c3cccs3)nc3nc4ccccc4nc32)c1. The summed E-state index contributed by atoms with van der Waals surface area (Å²) in [6.07, 6.45) is 0. The van der Waals surface area contributed by atoms with Crippen molar-refractivity contribution in [2.75, 3.05) is 6.61 Å². The average Bonchev–Trinajstić information content (AvgIpc) is 3.40. The molecule has 5 aromatic rings. The summed E-state index contributed by atoms with van der Waals surface area (Å²) >= 11 is 1.59. The van der Waals surface area contributed by atoms with Crippen molar-refractivity contribution >= 4 is 39.6 Å². The topological polar surface area (TPSA) is 69.9 Å². The van der Waals surface area contributed by atoms with Crippen LogP contribution in [0.2, 0.25) is 0 Å². The van der Waals surface area contributed by atoms with Crippen LogP contribution < -0.4 is 0 Å². The van der Waals surface area contributed by atoms with Gasteiger partial charge < -0.3 is 4.74 Å². The second-order valence-corrected chi connectivity index (χ2v) is 7.33. The number of rotatable bonds is 4. The summed E-state index contributed by atoms with van der Waals surface area (Å²) < 4.78 is 7.11. The maximum Gasteiger partial charge on any atom is 0.338 e. The lowest BCUT2D eigenvalue weighted by Crippen LogP contribution is -2.06. The van der Waals surface area contributed by atoms with Gasteiger partial charge in [0.1, 0.15) is 0 Å². The molecule has 0 fully saturated rings. The van der Waals surface area contributed by atoms with Gasteiger partial charge in [0.15, 0.2) is 17.1 Å². The number of esters is 1. The highest BCUT2D eigenvalue weighted by atomic mass is 32.1. The zero-order valence-corrected chi connectivity index (χ0v) is 16.4. The number of thiophene rings is 1. The molecule has 0 spiro atoms. The van der Waals surface area contributed by atoms with Gasteiger partial charge in [-0.05, 0) is 48.7 Å². The van der Waals surface area contributed by atoms with Crippen molar-refractivity contribution < 1.29 is 9.53 Å². The molecule has 0 radical (unpaired) electrons. The summed E-state index contributed by atoms with van der Waals surface area (Å²) in [4.78, 5) is 27.5. The maximum absolute atomic E-state index is 12.2. The number of benzene rings is 2. The molecular formula is C22H16N4O2S. The highest BCUT2D eigenvalue weighted by Crippen LogP contribution is 2.31. The number of para-hydroxylation sites is 2. The molecule has 0 aliphatic heterocycles. The fourth-order valence-electron chi connectivity index (χ4n) is 3.26. The zero-order chi connectivity index (χ0) is 19.8. The molecular weight excluding hydrogens is 384 g/mol. The smallest absolute Gasteiger partial charge is 0.338 e. The molecule has 0 saturated carbocycles. The van der Waals surface area contributed by atoms with Crippen LogP contribution in [0.5, 0.6) is 0 Å². The van der Waals surface area contributed by atoms with Crippen LogP contribution in [0, 0.1) is 0 Å². The van der Waals surface area contributed by atoms with Gasteiger partial charge >= 0.3 is 5.97 Å². The molecule has 0 saturated heterocycles. The predicted molar refractivity (Wildman–Crippen MR) is 113 cm³/mol. The van der Waals surface area contributed by atoms with E-state index in [0.29, 0.717) is 23.5 Å². The molecule has 0 bridgehead atoms. The van der Waals surface area contributed by atoms with Crippen molar-refractivity contribution in [2.45, 2.75) is 6.92 Å². The summed E-state index contributed by atoms with van der Waals surface area (Å²) in [5.41, 5.74) is 4.06. The number of carbonyl (C=O) groups excluding carboxylic acids is 1. The van der Waals surface area contributed by atoms with Gasteiger partial charge in [-0.15, -0.1) is 11.3 Å². The highest BCUT2D eigenvalue weighted by Gasteiger charge is 2.19. The minimum Gasteiger partial charge on any atom is -0.462 e. The third-order valence-corrected chi connectivity index (χ3v) is 5.39. The van der Waals surface area contributed by atoms with E-state index < -0.39 is 0 Å². The van der Waals surface area contributed by atoms with Crippen LogP contribution in [0.25, 0.3) is 38.7 Å². The lowest BCUT2D eigenvalue weighted by molar-refractivity contribution is 0.0526. The standard InChI is InChI=1S/C22H16N4O2S/c1-2-28-22(27)14-7-5-8-15(13-14)26-20(18-11-6-12-29-18)25-19-21(26)24-17-10-4-3-9-16(17)23-19/h3-13H,2H2,1H3. The van der Waals surface area contributed by atoms with Crippen molar-refractivity contribution in [3.63, 3.8) is 0 Å². The lowest BCUT2D eigenvalue weighted by Gasteiger charge is -2.09. The Hall–Kier alpha value is -3.58. The van der Waals surface area contributed by atoms with E-state index in [1.165, 1.54) is 0 Å². The maximum atomic E-state index is 12.2. The molecule has 0 aliphatic carbocycles. The largest absolute Gasteiger partial charge is 0.462 e. The van der Waals surface area contributed by atoms with Crippen molar-refractivity contribution in [1.29, 1.82) is 0 Å². The quantitative estimate of drug-likeness (QED) is 0.402. The number of fused-ring (bicyclic) bond motifs is 2. The third kappa shape index (κ3) is 3.05. The lowest BCUT2D eigenvalue weighted by atomic mass is 10.2. The van der Waals surface area contributed by atoms with Gasteiger partial charge in [0, 0.05) is 0 Å². The van der Waals surface area contributed by atoms with E-state index in [0.717, 1.165) is 27.4 Å². The Balaban J connectivity index is 1.79. The Morgan fingerprint density at radius 1 is 1.00 bits per heavy atom. The summed E-state index contributed by atoms with van der Waals surface area (Å²) in [6, 6.07) is 19.0. The molecule has 0 atom stereocenters. The minimum absolute atomic E-state index is 0.328. The minimum atomic E-state index is -0.354. The van der Waals surface area contributed by atoms with Crippen LogP contribution in [-0.4, -0.2) is 32.1 Å². The summed E-state index contributed by atoms with van der Waals surface area (Å²) in [5, 5.41) is 2.01. The molecule has 2 aromatic carbocycles. The molecule has 7 heteroatoms. The Labute approximate surface area is 170 Å². The monoisotopic (exact) mass is 400 g/mol. The molecule has 6 nitrogen and oxygen atoms in total. The van der Waals surface area contributed by atoms with Crippen LogP contribution in [0.3, 0.4) is 0 Å². The zero-order valence-electron chi connectivity index (χ0n) is 15.6. The summed E-state index contributed by atoms with van der Waals surface area (Å²) in [6.45, 7) is 2.12. The van der Waals surface area contributed by atoms with Gasteiger partial charge in [0.2, 0.25) is 0 Å². The molecule has 0 aliphatic rings. The van der Waals surface area contributed by atoms with Gasteiger partial charge in [-0.1, -0.05) is 24.3 Å². The van der Waals surface area contributed by atoms with E-state index in [4.69, 9.17) is 19.7 Å². The van der Waals surface area contributed by atoms with Crippen molar-refractivity contribution in [2.24, 2.45) is 0 Å². The Morgan fingerprint density at radius 3 is 2.59 bits per heavy atom. The second-order valence-electron chi connectivity index (χ2n) is 6.38. The molecule has 3 heterocycles. The van der Waals surface area contributed by atoms with E-state index in [1.54, 1.807) is 30.4 Å².